The number of carbonyl (C=O) groups is 2. The fourth-order valence-electron chi connectivity index (χ4n) is 2.63. The summed E-state index contributed by atoms with van der Waals surface area (Å²) in [6, 6.07) is 4.46. The maximum atomic E-state index is 13.0. The first-order valence-electron chi connectivity index (χ1n) is 8.79. The normalized spacial score (nSPS) is 12.4. The number of benzene rings is 1. The summed E-state index contributed by atoms with van der Waals surface area (Å²) in [7, 11) is 0. The molecule has 1 aromatic carbocycles. The molecule has 0 saturated carbocycles. The second kappa shape index (κ2) is 8.98. The number of alkyl halides is 3. The van der Waals surface area contributed by atoms with Gasteiger partial charge in [0, 0.05) is 24.1 Å². The molecule has 3 rings (SSSR count). The summed E-state index contributed by atoms with van der Waals surface area (Å²) in [5.41, 5.74) is 4.63. The minimum Gasteiger partial charge on any atom is -0.384 e. The van der Waals surface area contributed by atoms with Crippen molar-refractivity contribution < 1.29 is 22.8 Å². The smallest absolute Gasteiger partial charge is 0.384 e. The van der Waals surface area contributed by atoms with Crippen LogP contribution < -0.4 is 11.1 Å². The van der Waals surface area contributed by atoms with Gasteiger partial charge in [0.05, 0.1) is 21.8 Å². The first kappa shape index (κ1) is 22.6. The number of nitrogens with two attached hydrogens (primary N) is 1. The SMILES string of the molecule is C[C@@H](CC(=O)c1cc(N)ncn1)c1ncc(C(=O)Nc2ccc(Cl)c(C(F)(F)F)c2)s1. The van der Waals surface area contributed by atoms with Crippen LogP contribution in [0.15, 0.2) is 36.8 Å². The number of nitrogen functional groups attached to an aromatic ring is 1. The van der Waals surface area contributed by atoms with E-state index in [4.69, 9.17) is 17.3 Å². The van der Waals surface area contributed by atoms with E-state index in [2.05, 4.69) is 20.3 Å². The Balaban J connectivity index is 1.69. The van der Waals surface area contributed by atoms with Crippen molar-refractivity contribution in [3.8, 4) is 0 Å². The molecule has 0 spiro atoms. The number of anilines is 2. The summed E-state index contributed by atoms with van der Waals surface area (Å²) in [5, 5.41) is 2.46. The van der Waals surface area contributed by atoms with E-state index in [-0.39, 0.29) is 40.2 Å². The third-order valence-electron chi connectivity index (χ3n) is 4.16. The zero-order chi connectivity index (χ0) is 22.8. The highest BCUT2D eigenvalue weighted by molar-refractivity contribution is 7.13. The summed E-state index contributed by atoms with van der Waals surface area (Å²) in [4.78, 5) is 36.7. The van der Waals surface area contributed by atoms with Crippen LogP contribution in [0.25, 0.3) is 0 Å². The van der Waals surface area contributed by atoms with Crippen LogP contribution in [0.3, 0.4) is 0 Å². The third kappa shape index (κ3) is 5.56. The maximum absolute atomic E-state index is 13.0. The maximum Gasteiger partial charge on any atom is 0.417 e. The van der Waals surface area contributed by atoms with Crippen molar-refractivity contribution in [1.82, 2.24) is 15.0 Å². The van der Waals surface area contributed by atoms with Crippen LogP contribution in [-0.4, -0.2) is 26.6 Å². The van der Waals surface area contributed by atoms with Gasteiger partial charge in [-0.05, 0) is 18.2 Å². The number of aromatic nitrogens is 3. The summed E-state index contributed by atoms with van der Waals surface area (Å²) >= 11 is 6.62. The topological polar surface area (TPSA) is 111 Å². The molecule has 3 aromatic rings. The van der Waals surface area contributed by atoms with E-state index < -0.39 is 22.7 Å². The lowest BCUT2D eigenvalue weighted by atomic mass is 10.0. The fraction of sp³-hybridized carbons (Fsp3) is 0.211. The Morgan fingerprint density at radius 1 is 1.23 bits per heavy atom. The lowest BCUT2D eigenvalue weighted by Gasteiger charge is -2.11. The number of halogens is 4. The van der Waals surface area contributed by atoms with Crippen LogP contribution in [0.2, 0.25) is 5.02 Å². The van der Waals surface area contributed by atoms with Crippen LogP contribution in [0.5, 0.6) is 0 Å². The van der Waals surface area contributed by atoms with Gasteiger partial charge in [-0.1, -0.05) is 18.5 Å². The lowest BCUT2D eigenvalue weighted by Crippen LogP contribution is -2.12. The van der Waals surface area contributed by atoms with Crippen LogP contribution >= 0.6 is 22.9 Å². The molecule has 0 radical (unpaired) electrons. The van der Waals surface area contributed by atoms with E-state index in [1.165, 1.54) is 24.7 Å². The fourth-order valence-corrected chi connectivity index (χ4v) is 3.72. The second-order valence-corrected chi connectivity index (χ2v) is 8.04. The molecule has 0 aliphatic rings. The van der Waals surface area contributed by atoms with Gasteiger partial charge >= 0.3 is 6.18 Å². The van der Waals surface area contributed by atoms with Gasteiger partial charge in [0.25, 0.3) is 5.91 Å². The summed E-state index contributed by atoms with van der Waals surface area (Å²) in [6.07, 6.45) is -2.07. The van der Waals surface area contributed by atoms with E-state index in [1.54, 1.807) is 6.92 Å². The number of thiazole rings is 1. The molecule has 0 aliphatic heterocycles. The molecule has 0 fully saturated rings. The number of nitrogens with zero attached hydrogens (tertiary/aromatic N) is 3. The van der Waals surface area contributed by atoms with E-state index in [0.717, 1.165) is 23.5 Å². The average molecular weight is 470 g/mol. The highest BCUT2D eigenvalue weighted by Crippen LogP contribution is 2.36. The second-order valence-electron chi connectivity index (χ2n) is 6.57. The van der Waals surface area contributed by atoms with Gasteiger partial charge in [-0.3, -0.25) is 9.59 Å². The van der Waals surface area contributed by atoms with E-state index in [9.17, 15) is 22.8 Å². The van der Waals surface area contributed by atoms with E-state index in [0.29, 0.717) is 5.01 Å². The first-order valence-corrected chi connectivity index (χ1v) is 9.98. The van der Waals surface area contributed by atoms with Gasteiger partial charge in [-0.2, -0.15) is 13.2 Å². The molecule has 31 heavy (non-hydrogen) atoms. The largest absolute Gasteiger partial charge is 0.417 e. The number of hydrogen-bond donors (Lipinski definition) is 2. The zero-order valence-corrected chi connectivity index (χ0v) is 17.5. The average Bonchev–Trinajstić information content (AvgIpc) is 3.19. The predicted octanol–water partition coefficient (Wildman–Crippen LogP) is 4.82. The van der Waals surface area contributed by atoms with E-state index in [1.807, 2.05) is 0 Å². The molecule has 7 nitrogen and oxygen atoms in total. The zero-order valence-electron chi connectivity index (χ0n) is 15.9. The Kier molecular flexibility index (Phi) is 6.56. The molecular weight excluding hydrogens is 455 g/mol. The number of carbonyl (C=O) groups excluding carboxylic acids is 2. The Morgan fingerprint density at radius 2 is 1.97 bits per heavy atom. The minimum atomic E-state index is -4.65. The molecule has 2 heterocycles. The van der Waals surface area contributed by atoms with Crippen molar-refractivity contribution in [2.75, 3.05) is 11.1 Å². The molecule has 1 atom stereocenters. The van der Waals surface area contributed by atoms with Crippen LogP contribution in [0.4, 0.5) is 24.7 Å². The van der Waals surface area contributed by atoms with Gasteiger partial charge in [0.2, 0.25) is 0 Å². The predicted molar refractivity (Wildman–Crippen MR) is 110 cm³/mol. The molecule has 3 N–H and O–H groups in total. The van der Waals surface area contributed by atoms with Crippen molar-refractivity contribution in [2.45, 2.75) is 25.4 Å². The lowest BCUT2D eigenvalue weighted by molar-refractivity contribution is -0.137. The molecule has 12 heteroatoms. The Labute approximate surface area is 183 Å². The molecule has 2 aromatic heterocycles. The van der Waals surface area contributed by atoms with Gasteiger partial charge in [0.15, 0.2) is 5.78 Å². The highest BCUT2D eigenvalue weighted by Gasteiger charge is 2.33. The van der Waals surface area contributed by atoms with Gasteiger partial charge in [-0.25, -0.2) is 15.0 Å². The summed E-state index contributed by atoms with van der Waals surface area (Å²) in [5.74, 6) is -1.03. The quantitative estimate of drug-likeness (QED) is 0.501. The molecule has 0 aliphatic carbocycles. The monoisotopic (exact) mass is 469 g/mol. The number of ketones is 1. The number of Topliss-reactive ketones (excluding diaryl/α,β-unsaturated/α-hetero) is 1. The van der Waals surface area contributed by atoms with Crippen molar-refractivity contribution in [1.29, 1.82) is 0 Å². The molecular formula is C19H15ClF3N5O2S. The molecule has 162 valence electrons. The van der Waals surface area contributed by atoms with Crippen molar-refractivity contribution >= 4 is 46.1 Å². The van der Waals surface area contributed by atoms with Crippen molar-refractivity contribution in [3.05, 3.63) is 63.0 Å². The standard InChI is InChI=1S/C19H15ClF3N5O2S/c1-9(4-14(29)13-6-16(24)27-8-26-13)18-25-7-15(31-18)17(30)28-10-2-3-12(20)11(5-10)19(21,22)23/h2-3,5-9H,4H2,1H3,(H,28,30)(H2,24,26,27)/t9-/m0/s1. The number of hydrogen-bond acceptors (Lipinski definition) is 7. The van der Waals surface area contributed by atoms with Gasteiger partial charge in [0.1, 0.15) is 22.7 Å². The van der Waals surface area contributed by atoms with Crippen LogP contribution in [0.1, 0.15) is 50.0 Å². The highest BCUT2D eigenvalue weighted by atomic mass is 35.5. The van der Waals surface area contributed by atoms with Gasteiger partial charge < -0.3 is 11.1 Å². The van der Waals surface area contributed by atoms with Crippen LogP contribution in [-0.2, 0) is 6.18 Å². The number of nitrogens with one attached hydrogen (secondary N) is 1. The van der Waals surface area contributed by atoms with Crippen molar-refractivity contribution in [3.63, 3.8) is 0 Å². The molecule has 0 saturated heterocycles. The van der Waals surface area contributed by atoms with Crippen molar-refractivity contribution in [2.24, 2.45) is 0 Å². The third-order valence-corrected chi connectivity index (χ3v) is 5.72. The molecule has 0 bridgehead atoms. The Hall–Kier alpha value is -3.05. The minimum absolute atomic E-state index is 0.0544. The van der Waals surface area contributed by atoms with E-state index >= 15 is 0 Å². The first-order chi connectivity index (χ1) is 14.5. The summed E-state index contributed by atoms with van der Waals surface area (Å²) < 4.78 is 38.9. The Morgan fingerprint density at radius 3 is 2.65 bits per heavy atom. The van der Waals surface area contributed by atoms with Gasteiger partial charge in [-0.15, -0.1) is 11.3 Å². The number of amides is 1. The summed E-state index contributed by atoms with van der Waals surface area (Å²) in [6.45, 7) is 1.76. The van der Waals surface area contributed by atoms with Crippen LogP contribution in [0, 0.1) is 0 Å². The number of rotatable bonds is 6. The molecule has 0 unspecified atom stereocenters. The molecule has 1 amide bonds. The Bertz CT molecular complexity index is 1140.